The average molecular weight is 286 g/mol. The standard InChI is InChI=1S/C15H11FN2OS/c1-10-2-7-14(20-10)8-11(9-17)15(19)18-13-5-3-12(16)4-6-13/h2-8H,1H3,(H,18,19)/b11-8+. The van der Waals surface area contributed by atoms with Crippen molar-refractivity contribution in [3.8, 4) is 6.07 Å². The van der Waals surface area contributed by atoms with Crippen molar-refractivity contribution in [2.45, 2.75) is 6.92 Å². The van der Waals surface area contributed by atoms with Crippen LogP contribution in [0.5, 0.6) is 0 Å². The summed E-state index contributed by atoms with van der Waals surface area (Å²) >= 11 is 1.50. The third-order valence-corrected chi connectivity index (χ3v) is 3.46. The fourth-order valence-corrected chi connectivity index (χ4v) is 2.37. The minimum atomic E-state index is -0.509. The van der Waals surface area contributed by atoms with E-state index in [1.807, 2.05) is 25.1 Å². The Morgan fingerprint density at radius 1 is 1.30 bits per heavy atom. The molecule has 0 atom stereocenters. The number of hydrogen-bond donors (Lipinski definition) is 1. The summed E-state index contributed by atoms with van der Waals surface area (Å²) in [7, 11) is 0. The van der Waals surface area contributed by atoms with E-state index in [4.69, 9.17) is 5.26 Å². The van der Waals surface area contributed by atoms with Crippen LogP contribution in [0.2, 0.25) is 0 Å². The lowest BCUT2D eigenvalue weighted by atomic mass is 10.2. The van der Waals surface area contributed by atoms with Crippen molar-refractivity contribution in [3.05, 3.63) is 57.5 Å². The molecule has 1 N–H and O–H groups in total. The molecule has 1 amide bonds. The van der Waals surface area contributed by atoms with Crippen LogP contribution in [0.15, 0.2) is 42.0 Å². The highest BCUT2D eigenvalue weighted by Crippen LogP contribution is 2.19. The number of carbonyl (C=O) groups is 1. The molecule has 0 bridgehead atoms. The largest absolute Gasteiger partial charge is 0.321 e. The molecular weight excluding hydrogens is 275 g/mol. The maximum Gasteiger partial charge on any atom is 0.266 e. The van der Waals surface area contributed by atoms with Crippen molar-refractivity contribution in [3.63, 3.8) is 0 Å². The first kappa shape index (κ1) is 14.0. The predicted molar refractivity (Wildman–Crippen MR) is 77.7 cm³/mol. The van der Waals surface area contributed by atoms with Crippen molar-refractivity contribution in [1.29, 1.82) is 5.26 Å². The summed E-state index contributed by atoms with van der Waals surface area (Å²) < 4.78 is 12.8. The van der Waals surface area contributed by atoms with Crippen LogP contribution in [0, 0.1) is 24.1 Å². The molecule has 1 heterocycles. The van der Waals surface area contributed by atoms with E-state index in [1.54, 1.807) is 0 Å². The van der Waals surface area contributed by atoms with E-state index in [0.29, 0.717) is 5.69 Å². The third-order valence-electron chi connectivity index (χ3n) is 2.51. The molecular formula is C15H11FN2OS. The van der Waals surface area contributed by atoms with Crippen LogP contribution < -0.4 is 5.32 Å². The topological polar surface area (TPSA) is 52.9 Å². The number of amides is 1. The molecule has 0 aliphatic heterocycles. The first-order valence-corrected chi connectivity index (χ1v) is 6.65. The molecule has 0 saturated heterocycles. The number of halogens is 1. The van der Waals surface area contributed by atoms with Crippen LogP contribution in [0.3, 0.4) is 0 Å². The number of rotatable bonds is 3. The van der Waals surface area contributed by atoms with Crippen LogP contribution in [-0.2, 0) is 4.79 Å². The van der Waals surface area contributed by atoms with Gasteiger partial charge in [0.15, 0.2) is 0 Å². The van der Waals surface area contributed by atoms with Crippen LogP contribution in [0.4, 0.5) is 10.1 Å². The highest BCUT2D eigenvalue weighted by Gasteiger charge is 2.10. The van der Waals surface area contributed by atoms with Gasteiger partial charge in [-0.15, -0.1) is 11.3 Å². The molecule has 2 rings (SSSR count). The quantitative estimate of drug-likeness (QED) is 0.690. The molecule has 0 aliphatic rings. The molecule has 0 spiro atoms. The Hall–Kier alpha value is -2.45. The van der Waals surface area contributed by atoms with Crippen LogP contribution in [0.25, 0.3) is 6.08 Å². The zero-order chi connectivity index (χ0) is 14.5. The van der Waals surface area contributed by atoms with E-state index in [0.717, 1.165) is 9.75 Å². The number of benzene rings is 1. The Morgan fingerprint density at radius 2 is 2.00 bits per heavy atom. The summed E-state index contributed by atoms with van der Waals surface area (Å²) in [5.41, 5.74) is 0.455. The Balaban J connectivity index is 2.16. The summed E-state index contributed by atoms with van der Waals surface area (Å²) in [6, 6.07) is 11.0. The van der Waals surface area contributed by atoms with Gasteiger partial charge in [-0.2, -0.15) is 5.26 Å². The second-order valence-corrected chi connectivity index (χ2v) is 5.40. The van der Waals surface area contributed by atoms with Gasteiger partial charge in [0, 0.05) is 15.4 Å². The van der Waals surface area contributed by atoms with Gasteiger partial charge < -0.3 is 5.32 Å². The molecule has 0 radical (unpaired) electrons. The van der Waals surface area contributed by atoms with Crippen LogP contribution >= 0.6 is 11.3 Å². The number of anilines is 1. The molecule has 1 aromatic carbocycles. The first-order chi connectivity index (χ1) is 9.58. The van der Waals surface area contributed by atoms with Gasteiger partial charge in [-0.25, -0.2) is 4.39 Å². The molecule has 1 aromatic heterocycles. The van der Waals surface area contributed by atoms with Gasteiger partial charge in [-0.05, 0) is 49.4 Å². The molecule has 5 heteroatoms. The van der Waals surface area contributed by atoms with Gasteiger partial charge in [-0.1, -0.05) is 0 Å². The molecule has 0 aliphatic carbocycles. The highest BCUT2D eigenvalue weighted by atomic mass is 32.1. The summed E-state index contributed by atoms with van der Waals surface area (Å²) in [6.07, 6.45) is 1.54. The van der Waals surface area contributed by atoms with E-state index in [1.165, 1.54) is 41.7 Å². The zero-order valence-electron chi connectivity index (χ0n) is 10.7. The first-order valence-electron chi connectivity index (χ1n) is 5.83. The molecule has 0 saturated carbocycles. The van der Waals surface area contributed by atoms with Crippen molar-refractivity contribution in [2.75, 3.05) is 5.32 Å². The fraction of sp³-hybridized carbons (Fsp3) is 0.0667. The van der Waals surface area contributed by atoms with E-state index in [-0.39, 0.29) is 11.4 Å². The molecule has 3 nitrogen and oxygen atoms in total. The van der Waals surface area contributed by atoms with E-state index in [2.05, 4.69) is 5.32 Å². The maximum absolute atomic E-state index is 12.8. The molecule has 2 aromatic rings. The number of hydrogen-bond acceptors (Lipinski definition) is 3. The Morgan fingerprint density at radius 3 is 2.55 bits per heavy atom. The second kappa shape index (κ2) is 6.13. The van der Waals surface area contributed by atoms with Gasteiger partial charge in [0.1, 0.15) is 17.5 Å². The number of nitrogens with one attached hydrogen (secondary N) is 1. The number of aryl methyl sites for hydroxylation is 1. The van der Waals surface area contributed by atoms with Gasteiger partial charge in [0.25, 0.3) is 5.91 Å². The van der Waals surface area contributed by atoms with Crippen molar-refractivity contribution < 1.29 is 9.18 Å². The zero-order valence-corrected chi connectivity index (χ0v) is 11.5. The normalized spacial score (nSPS) is 10.9. The SMILES string of the molecule is Cc1ccc(/C=C(\C#N)C(=O)Nc2ccc(F)cc2)s1. The lowest BCUT2D eigenvalue weighted by Gasteiger charge is -2.03. The lowest BCUT2D eigenvalue weighted by molar-refractivity contribution is -0.112. The third kappa shape index (κ3) is 3.53. The number of nitriles is 1. The minimum Gasteiger partial charge on any atom is -0.321 e. The van der Waals surface area contributed by atoms with Crippen LogP contribution in [-0.4, -0.2) is 5.91 Å². The maximum atomic E-state index is 12.8. The monoisotopic (exact) mass is 286 g/mol. The molecule has 20 heavy (non-hydrogen) atoms. The minimum absolute atomic E-state index is 0.0103. The predicted octanol–water partition coefficient (Wildman–Crippen LogP) is 3.74. The smallest absolute Gasteiger partial charge is 0.266 e. The van der Waals surface area contributed by atoms with Crippen molar-refractivity contribution >= 4 is 29.0 Å². The van der Waals surface area contributed by atoms with E-state index in [9.17, 15) is 9.18 Å². The van der Waals surface area contributed by atoms with Gasteiger partial charge >= 0.3 is 0 Å². The summed E-state index contributed by atoms with van der Waals surface area (Å²) in [5.74, 6) is -0.890. The molecule has 0 fully saturated rings. The van der Waals surface area contributed by atoms with E-state index < -0.39 is 5.91 Å². The van der Waals surface area contributed by atoms with Gasteiger partial charge in [0.05, 0.1) is 0 Å². The van der Waals surface area contributed by atoms with E-state index >= 15 is 0 Å². The second-order valence-electron chi connectivity index (χ2n) is 4.08. The number of thiophene rings is 1. The Kier molecular flexibility index (Phi) is 4.28. The van der Waals surface area contributed by atoms with Crippen molar-refractivity contribution in [1.82, 2.24) is 0 Å². The summed E-state index contributed by atoms with van der Waals surface area (Å²) in [6.45, 7) is 1.95. The highest BCUT2D eigenvalue weighted by molar-refractivity contribution is 7.12. The number of nitrogens with zero attached hydrogens (tertiary/aromatic N) is 1. The van der Waals surface area contributed by atoms with Gasteiger partial charge in [0.2, 0.25) is 0 Å². The Labute approximate surface area is 120 Å². The number of carbonyl (C=O) groups excluding carboxylic acids is 1. The lowest BCUT2D eigenvalue weighted by Crippen LogP contribution is -2.13. The molecule has 100 valence electrons. The fourth-order valence-electron chi connectivity index (χ4n) is 1.55. The average Bonchev–Trinajstić information content (AvgIpc) is 2.84. The Bertz CT molecular complexity index is 695. The molecule has 0 unspecified atom stereocenters. The summed E-state index contributed by atoms with van der Waals surface area (Å²) in [5, 5.41) is 11.6. The summed E-state index contributed by atoms with van der Waals surface area (Å²) in [4.78, 5) is 13.9. The van der Waals surface area contributed by atoms with Crippen LogP contribution in [0.1, 0.15) is 9.75 Å². The van der Waals surface area contributed by atoms with Crippen molar-refractivity contribution in [2.24, 2.45) is 0 Å². The van der Waals surface area contributed by atoms with Gasteiger partial charge in [-0.3, -0.25) is 4.79 Å².